The smallest absolute Gasteiger partial charge is 0.346 e. The summed E-state index contributed by atoms with van der Waals surface area (Å²) in [5, 5.41) is 11.5. The van der Waals surface area contributed by atoms with Crippen LogP contribution in [0, 0.1) is 10.1 Å². The quantitative estimate of drug-likeness (QED) is 0.0621. The summed E-state index contributed by atoms with van der Waals surface area (Å²) >= 11 is 0. The van der Waals surface area contributed by atoms with Crippen molar-refractivity contribution in [2.45, 2.75) is 0 Å². The first kappa shape index (κ1) is 28.6. The van der Waals surface area contributed by atoms with E-state index in [9.17, 15) is 19.7 Å². The maximum absolute atomic E-state index is 11.6. The molecule has 0 aliphatic carbocycles. The summed E-state index contributed by atoms with van der Waals surface area (Å²) in [6, 6.07) is 37.4. The van der Waals surface area contributed by atoms with Gasteiger partial charge >= 0.3 is 11.9 Å². The van der Waals surface area contributed by atoms with Crippen LogP contribution in [-0.4, -0.2) is 16.9 Å². The lowest BCUT2D eigenvalue weighted by atomic mass is 9.93. The Bertz CT molecular complexity index is 1930. The molecule has 6 aromatic rings. The van der Waals surface area contributed by atoms with Crippen molar-refractivity contribution in [1.82, 2.24) is 0 Å². The van der Waals surface area contributed by atoms with Crippen LogP contribution in [0.25, 0.3) is 44.2 Å². The van der Waals surface area contributed by atoms with Gasteiger partial charge in [0.25, 0.3) is 5.69 Å². The number of rotatable bonds is 4. The van der Waals surface area contributed by atoms with Crippen molar-refractivity contribution in [2.24, 2.45) is 0 Å². The molecule has 9 nitrogen and oxygen atoms in total. The van der Waals surface area contributed by atoms with Gasteiger partial charge in [-0.3, -0.25) is 10.1 Å². The monoisotopic (exact) mass is 594 g/mol. The predicted octanol–water partition coefficient (Wildman–Crippen LogP) is 7.49. The number of carbonyl (C=O) groups excluding carboxylic acids is 2. The number of nitro benzene ring substituents is 1. The molecule has 0 fully saturated rings. The average molecular weight is 595 g/mol. The maximum atomic E-state index is 11.6. The molecule has 0 saturated carbocycles. The lowest BCUT2D eigenvalue weighted by Crippen LogP contribution is -2.19. The fourth-order valence-electron chi connectivity index (χ4n) is 5.24. The lowest BCUT2D eigenvalue weighted by Gasteiger charge is -2.14. The molecule has 0 aromatic heterocycles. The third-order valence-corrected chi connectivity index (χ3v) is 7.50. The van der Waals surface area contributed by atoms with Crippen molar-refractivity contribution in [3.8, 4) is 33.4 Å². The minimum Gasteiger partial charge on any atom is -0.399 e. The van der Waals surface area contributed by atoms with Crippen molar-refractivity contribution in [3.63, 3.8) is 0 Å². The Kier molecular flexibility index (Phi) is 7.42. The molecule has 6 N–H and O–H groups in total. The Hall–Kier alpha value is -6.48. The van der Waals surface area contributed by atoms with Gasteiger partial charge in [0.15, 0.2) is 0 Å². The number of cyclic esters (lactones) is 2. The summed E-state index contributed by atoms with van der Waals surface area (Å²) in [7, 11) is 0. The molecule has 9 heteroatoms. The number of benzene rings is 6. The van der Waals surface area contributed by atoms with E-state index in [1.54, 1.807) is 0 Å². The molecule has 0 radical (unpaired) electrons. The van der Waals surface area contributed by atoms with E-state index in [2.05, 4.69) is 22.9 Å². The number of nitrogen functional groups attached to an aromatic ring is 3. The van der Waals surface area contributed by atoms with E-state index >= 15 is 0 Å². The van der Waals surface area contributed by atoms with Crippen LogP contribution in [-0.2, 0) is 4.74 Å². The molecule has 0 spiro atoms. The van der Waals surface area contributed by atoms with E-state index in [-0.39, 0.29) is 27.6 Å². The lowest BCUT2D eigenvalue weighted by molar-refractivity contribution is -0.383. The van der Waals surface area contributed by atoms with Crippen LogP contribution in [0.4, 0.5) is 22.7 Å². The van der Waals surface area contributed by atoms with Gasteiger partial charge in [-0.15, -0.1) is 0 Å². The molecule has 1 aliphatic rings. The molecule has 7 rings (SSSR count). The largest absolute Gasteiger partial charge is 0.399 e. The highest BCUT2D eigenvalue weighted by Gasteiger charge is 2.29. The number of nitro groups is 1. The van der Waals surface area contributed by atoms with Crippen LogP contribution in [0.15, 0.2) is 121 Å². The second-order valence-corrected chi connectivity index (χ2v) is 10.5. The molecule has 6 aromatic carbocycles. The molecule has 0 unspecified atom stereocenters. The van der Waals surface area contributed by atoms with Crippen LogP contribution in [0.1, 0.15) is 20.7 Å². The van der Waals surface area contributed by atoms with Crippen LogP contribution in [0.2, 0.25) is 0 Å². The number of nitrogens with two attached hydrogens (primary N) is 3. The number of non-ortho nitro benzene ring substituents is 1. The van der Waals surface area contributed by atoms with Gasteiger partial charge in [-0.1, -0.05) is 42.5 Å². The second kappa shape index (κ2) is 11.7. The zero-order valence-electron chi connectivity index (χ0n) is 23.8. The summed E-state index contributed by atoms with van der Waals surface area (Å²) in [5.41, 5.74) is 26.8. The second-order valence-electron chi connectivity index (χ2n) is 10.5. The normalized spacial score (nSPS) is 11.8. The third kappa shape index (κ3) is 5.78. The molecular weight excluding hydrogens is 568 g/mol. The molecule has 220 valence electrons. The molecule has 0 atom stereocenters. The minimum absolute atomic E-state index is 0.141. The average Bonchev–Trinajstić information content (AvgIpc) is 3.04. The zero-order valence-corrected chi connectivity index (χ0v) is 23.8. The van der Waals surface area contributed by atoms with Gasteiger partial charge in [-0.2, -0.15) is 0 Å². The summed E-state index contributed by atoms with van der Waals surface area (Å²) in [6.07, 6.45) is 0. The summed E-state index contributed by atoms with van der Waals surface area (Å²) in [4.78, 5) is 33.5. The molecular formula is C36H26N4O5. The summed E-state index contributed by atoms with van der Waals surface area (Å²) in [6.45, 7) is 0. The first-order valence-electron chi connectivity index (χ1n) is 13.9. The van der Waals surface area contributed by atoms with Crippen molar-refractivity contribution in [1.29, 1.82) is 0 Å². The SMILES string of the molecule is Nc1ccc(-c2cc(-c3ccc(N)cc3)cc(-c3ccc(N)cc3)c2)cc1.O=C1OC(=O)c2ccc([N+](=O)[O-])c3cccc1c23. The van der Waals surface area contributed by atoms with E-state index in [0.717, 1.165) is 50.4 Å². The first-order chi connectivity index (χ1) is 21.7. The minimum atomic E-state index is -0.779. The van der Waals surface area contributed by atoms with Gasteiger partial charge in [0.05, 0.1) is 21.4 Å². The van der Waals surface area contributed by atoms with Crippen LogP contribution < -0.4 is 17.2 Å². The third-order valence-electron chi connectivity index (χ3n) is 7.50. The van der Waals surface area contributed by atoms with E-state index in [4.69, 9.17) is 17.2 Å². The fourth-order valence-corrected chi connectivity index (χ4v) is 5.24. The number of carbonyl (C=O) groups is 2. The number of hydrogen-bond acceptors (Lipinski definition) is 8. The van der Waals surface area contributed by atoms with Crippen LogP contribution >= 0.6 is 0 Å². The highest BCUT2D eigenvalue weighted by molar-refractivity contribution is 6.22. The van der Waals surface area contributed by atoms with E-state index < -0.39 is 16.9 Å². The number of nitrogens with zero attached hydrogens (tertiary/aromatic N) is 1. The maximum Gasteiger partial charge on any atom is 0.346 e. The van der Waals surface area contributed by atoms with Crippen molar-refractivity contribution in [2.75, 3.05) is 17.2 Å². The predicted molar refractivity (Wildman–Crippen MR) is 176 cm³/mol. The van der Waals surface area contributed by atoms with Gasteiger partial charge in [-0.05, 0) is 106 Å². The number of esters is 2. The number of hydrogen-bond donors (Lipinski definition) is 3. The Morgan fingerprint density at radius 2 is 0.911 bits per heavy atom. The first-order valence-corrected chi connectivity index (χ1v) is 13.9. The molecule has 1 aliphatic heterocycles. The van der Waals surface area contributed by atoms with Crippen LogP contribution in [0.5, 0.6) is 0 Å². The topological polar surface area (TPSA) is 165 Å². The summed E-state index contributed by atoms with van der Waals surface area (Å²) in [5.74, 6) is -1.56. The van der Waals surface area contributed by atoms with E-state index in [0.29, 0.717) is 0 Å². The summed E-state index contributed by atoms with van der Waals surface area (Å²) < 4.78 is 4.56. The molecule has 0 amide bonds. The van der Waals surface area contributed by atoms with Crippen molar-refractivity contribution in [3.05, 3.63) is 143 Å². The molecule has 45 heavy (non-hydrogen) atoms. The van der Waals surface area contributed by atoms with Crippen molar-refractivity contribution < 1.29 is 19.2 Å². The molecule has 1 heterocycles. The van der Waals surface area contributed by atoms with E-state index in [1.165, 1.54) is 30.3 Å². The number of anilines is 3. The highest BCUT2D eigenvalue weighted by atomic mass is 16.6. The Balaban J connectivity index is 0.000000172. The van der Waals surface area contributed by atoms with Crippen LogP contribution in [0.3, 0.4) is 0 Å². The Morgan fingerprint density at radius 3 is 1.31 bits per heavy atom. The van der Waals surface area contributed by atoms with Gasteiger partial charge < -0.3 is 21.9 Å². The molecule has 0 saturated heterocycles. The van der Waals surface area contributed by atoms with Crippen molar-refractivity contribution >= 4 is 45.5 Å². The van der Waals surface area contributed by atoms with Gasteiger partial charge in [0.2, 0.25) is 0 Å². The Morgan fingerprint density at radius 1 is 0.511 bits per heavy atom. The fraction of sp³-hybridized carbons (Fsp3) is 0. The van der Waals surface area contributed by atoms with E-state index in [1.807, 2.05) is 72.8 Å². The van der Waals surface area contributed by atoms with Gasteiger partial charge in [-0.25, -0.2) is 9.59 Å². The Labute approximate surface area is 257 Å². The zero-order chi connectivity index (χ0) is 31.7. The number of ether oxygens (including phenoxy) is 1. The van der Waals surface area contributed by atoms with Gasteiger partial charge in [0.1, 0.15) is 0 Å². The standard InChI is InChI=1S/C24H21N3.C12H5NO5/c25-22-7-1-16(2-8-22)19-13-20(17-3-9-23(26)10-4-17)15-21(14-19)18-5-11-24(27)12-6-18;14-11-7-3-1-2-6-9(13(16)17)5-4-8(10(6)7)12(15)18-11/h1-15H,25-27H2;1-5H. The highest BCUT2D eigenvalue weighted by Crippen LogP contribution is 2.35. The molecule has 0 bridgehead atoms. The van der Waals surface area contributed by atoms with Gasteiger partial charge in [0, 0.05) is 28.5 Å².